The highest BCUT2D eigenvalue weighted by atomic mass is 16.6. The van der Waals surface area contributed by atoms with Crippen LogP contribution in [-0.2, 0) is 57.2 Å². The molecule has 14 heteroatoms. The molecule has 0 spiro atoms. The molecule has 1 aliphatic carbocycles. The molecule has 41 heavy (non-hydrogen) atoms. The van der Waals surface area contributed by atoms with Crippen LogP contribution in [-0.4, -0.2) is 73.3 Å². The van der Waals surface area contributed by atoms with Gasteiger partial charge in [-0.05, 0) is 23.8 Å². The van der Waals surface area contributed by atoms with E-state index in [1.165, 1.54) is 31.2 Å². The van der Waals surface area contributed by atoms with Crippen LogP contribution < -0.4 is 9.47 Å². The molecule has 14 nitrogen and oxygen atoms in total. The van der Waals surface area contributed by atoms with Gasteiger partial charge in [0.25, 0.3) is 0 Å². The summed E-state index contributed by atoms with van der Waals surface area (Å²) in [5.41, 5.74) is 0.342. The van der Waals surface area contributed by atoms with E-state index in [1.807, 2.05) is 0 Å². The number of ether oxygens (including phenoxy) is 7. The number of esters is 7. The third-order valence-corrected chi connectivity index (χ3v) is 5.46. The Kier molecular flexibility index (Phi) is 11.5. The fraction of sp³-hybridized carbons (Fsp3) is 0.444. The lowest BCUT2D eigenvalue weighted by Gasteiger charge is -2.43. The number of methoxy groups -OCH3 is 1. The maximum Gasteiger partial charge on any atom is 0.331 e. The molecule has 0 aromatic heterocycles. The summed E-state index contributed by atoms with van der Waals surface area (Å²) < 4.78 is 36.2. The number of benzene rings is 1. The molecule has 0 bridgehead atoms. The van der Waals surface area contributed by atoms with E-state index >= 15 is 0 Å². The predicted octanol–water partition coefficient (Wildman–Crippen LogP) is 1.45. The first kappa shape index (κ1) is 32.5. The van der Waals surface area contributed by atoms with Crippen LogP contribution >= 0.6 is 0 Å². The fourth-order valence-electron chi connectivity index (χ4n) is 4.10. The second kappa shape index (κ2) is 14.6. The maximum absolute atomic E-state index is 12.8. The Bertz CT molecular complexity index is 1230. The maximum atomic E-state index is 12.8. The van der Waals surface area contributed by atoms with Crippen LogP contribution in [0.15, 0.2) is 24.3 Å². The average molecular weight is 579 g/mol. The van der Waals surface area contributed by atoms with Crippen molar-refractivity contribution in [2.45, 2.75) is 65.5 Å². The minimum Gasteiger partial charge on any atom is -0.469 e. The van der Waals surface area contributed by atoms with Gasteiger partial charge >= 0.3 is 41.8 Å². The monoisotopic (exact) mass is 578 g/mol. The molecular formula is C27H30O14. The van der Waals surface area contributed by atoms with Crippen LogP contribution in [0.2, 0.25) is 0 Å². The minimum absolute atomic E-state index is 0.0217. The highest BCUT2D eigenvalue weighted by Gasteiger charge is 2.54. The van der Waals surface area contributed by atoms with Crippen LogP contribution in [0.1, 0.15) is 46.6 Å². The number of rotatable bonds is 9. The van der Waals surface area contributed by atoms with Gasteiger partial charge in [-0.25, -0.2) is 4.79 Å². The molecule has 1 aromatic carbocycles. The topological polar surface area (TPSA) is 184 Å². The SMILES string of the molecule is COC(=O)[C@H]1C[C@@H](OC(=O)C=Cc2ccc(OC(C)=O)c(OC(C)=O)c2)[C@H](OC(C)=O)[C@H](OC(C)=O)[C@@H]1OC(C)=O. The lowest BCUT2D eigenvalue weighted by molar-refractivity contribution is -0.220. The quantitative estimate of drug-likeness (QED) is 0.177. The summed E-state index contributed by atoms with van der Waals surface area (Å²) in [6, 6.07) is 4.15. The summed E-state index contributed by atoms with van der Waals surface area (Å²) in [5, 5.41) is 0. The third-order valence-electron chi connectivity index (χ3n) is 5.46. The van der Waals surface area contributed by atoms with E-state index < -0.39 is 72.1 Å². The van der Waals surface area contributed by atoms with Crippen molar-refractivity contribution in [3.05, 3.63) is 29.8 Å². The normalized spacial score (nSPS) is 21.7. The van der Waals surface area contributed by atoms with Gasteiger partial charge in [-0.1, -0.05) is 6.07 Å². The van der Waals surface area contributed by atoms with Crippen molar-refractivity contribution in [1.82, 2.24) is 0 Å². The van der Waals surface area contributed by atoms with Crippen molar-refractivity contribution in [2.24, 2.45) is 5.92 Å². The predicted molar refractivity (Wildman–Crippen MR) is 135 cm³/mol. The Hall–Kier alpha value is -4.75. The molecule has 1 aromatic rings. The molecule has 0 aliphatic heterocycles. The smallest absolute Gasteiger partial charge is 0.331 e. The summed E-state index contributed by atoms with van der Waals surface area (Å²) in [6.45, 7) is 5.51. The van der Waals surface area contributed by atoms with E-state index in [-0.39, 0.29) is 17.9 Å². The Balaban J connectivity index is 2.39. The van der Waals surface area contributed by atoms with Gasteiger partial charge in [0.15, 0.2) is 29.8 Å². The van der Waals surface area contributed by atoms with Crippen molar-refractivity contribution in [3.63, 3.8) is 0 Å². The Morgan fingerprint density at radius 2 is 1.22 bits per heavy atom. The number of hydrogen-bond donors (Lipinski definition) is 0. The average Bonchev–Trinajstić information content (AvgIpc) is 2.85. The van der Waals surface area contributed by atoms with E-state index in [1.54, 1.807) is 0 Å². The zero-order valence-electron chi connectivity index (χ0n) is 23.2. The molecule has 0 unspecified atom stereocenters. The Labute approximate surface area is 234 Å². The number of carbonyl (C=O) groups excluding carboxylic acids is 7. The lowest BCUT2D eigenvalue weighted by atomic mass is 9.80. The second-order valence-electron chi connectivity index (χ2n) is 8.79. The van der Waals surface area contributed by atoms with E-state index in [2.05, 4.69) is 0 Å². The Morgan fingerprint density at radius 3 is 1.76 bits per heavy atom. The molecule has 1 aliphatic rings. The van der Waals surface area contributed by atoms with Crippen molar-refractivity contribution in [1.29, 1.82) is 0 Å². The van der Waals surface area contributed by atoms with Gasteiger partial charge < -0.3 is 33.2 Å². The van der Waals surface area contributed by atoms with Gasteiger partial charge in [0, 0.05) is 47.1 Å². The van der Waals surface area contributed by atoms with Crippen molar-refractivity contribution < 1.29 is 66.7 Å². The first-order valence-electron chi connectivity index (χ1n) is 12.2. The summed E-state index contributed by atoms with van der Waals surface area (Å²) in [6.07, 6.45) is -3.73. The van der Waals surface area contributed by atoms with Gasteiger partial charge in [0.1, 0.15) is 12.0 Å². The second-order valence-corrected chi connectivity index (χ2v) is 8.79. The van der Waals surface area contributed by atoms with Crippen LogP contribution in [0, 0.1) is 5.92 Å². The standard InChI is InChI=1S/C27H30O14/c1-13(28)36-20-9-7-18(11-21(20)37-14(2)29)8-10-23(33)41-22-12-19(27(34)35-6)24(38-15(3)30)26(40-17(5)32)25(22)39-16(4)31/h7-11,19,22,24-26H,12H2,1-6H3/t19-,22+,24+,25-,26+/m0/s1. The number of carbonyl (C=O) groups is 7. The van der Waals surface area contributed by atoms with Crippen LogP contribution in [0.25, 0.3) is 6.08 Å². The summed E-state index contributed by atoms with van der Waals surface area (Å²) in [4.78, 5) is 83.8. The molecule has 1 fully saturated rings. The minimum atomic E-state index is -1.51. The molecule has 0 radical (unpaired) electrons. The molecule has 1 saturated carbocycles. The molecule has 0 heterocycles. The first-order valence-corrected chi connectivity index (χ1v) is 12.2. The highest BCUT2D eigenvalue weighted by molar-refractivity contribution is 5.87. The zero-order valence-corrected chi connectivity index (χ0v) is 23.2. The Morgan fingerprint density at radius 1 is 0.683 bits per heavy atom. The van der Waals surface area contributed by atoms with E-state index in [4.69, 9.17) is 33.2 Å². The molecule has 0 amide bonds. The molecular weight excluding hydrogens is 548 g/mol. The van der Waals surface area contributed by atoms with Gasteiger partial charge in [-0.2, -0.15) is 0 Å². The van der Waals surface area contributed by atoms with Gasteiger partial charge in [-0.15, -0.1) is 0 Å². The summed E-state index contributed by atoms with van der Waals surface area (Å²) in [7, 11) is 1.09. The largest absolute Gasteiger partial charge is 0.469 e. The van der Waals surface area contributed by atoms with Crippen LogP contribution in [0.5, 0.6) is 11.5 Å². The summed E-state index contributed by atoms with van der Waals surface area (Å²) >= 11 is 0. The zero-order chi connectivity index (χ0) is 30.9. The van der Waals surface area contributed by atoms with Gasteiger partial charge in [0.2, 0.25) is 0 Å². The van der Waals surface area contributed by atoms with Gasteiger partial charge in [0.05, 0.1) is 7.11 Å². The molecule has 0 N–H and O–H groups in total. The number of hydrogen-bond acceptors (Lipinski definition) is 14. The molecule has 0 saturated heterocycles. The molecule has 2 rings (SSSR count). The highest BCUT2D eigenvalue weighted by Crippen LogP contribution is 2.35. The molecule has 222 valence electrons. The van der Waals surface area contributed by atoms with E-state index in [0.29, 0.717) is 5.56 Å². The van der Waals surface area contributed by atoms with E-state index in [0.717, 1.165) is 40.9 Å². The van der Waals surface area contributed by atoms with Crippen molar-refractivity contribution in [3.8, 4) is 11.5 Å². The van der Waals surface area contributed by atoms with Gasteiger partial charge in [-0.3, -0.25) is 28.8 Å². The van der Waals surface area contributed by atoms with Crippen LogP contribution in [0.3, 0.4) is 0 Å². The van der Waals surface area contributed by atoms with Crippen molar-refractivity contribution >= 4 is 47.9 Å². The first-order chi connectivity index (χ1) is 19.2. The molecule has 5 atom stereocenters. The van der Waals surface area contributed by atoms with Crippen molar-refractivity contribution in [2.75, 3.05) is 7.11 Å². The van der Waals surface area contributed by atoms with E-state index in [9.17, 15) is 33.6 Å². The summed E-state index contributed by atoms with van der Waals surface area (Å²) in [5.74, 6) is -6.96. The third kappa shape index (κ3) is 9.74. The van der Waals surface area contributed by atoms with Crippen LogP contribution in [0.4, 0.5) is 0 Å². The lowest BCUT2D eigenvalue weighted by Crippen LogP contribution is -2.60. The fourth-order valence-corrected chi connectivity index (χ4v) is 4.10.